The number of fused-ring (bicyclic) bond motifs is 1. The number of ether oxygens (including phenoxy) is 1. The second-order valence-corrected chi connectivity index (χ2v) is 7.73. The van der Waals surface area contributed by atoms with Crippen molar-refractivity contribution in [3.63, 3.8) is 0 Å². The first-order valence-corrected chi connectivity index (χ1v) is 10.3. The molecule has 30 heavy (non-hydrogen) atoms. The van der Waals surface area contributed by atoms with Crippen molar-refractivity contribution in [2.45, 2.75) is 32.0 Å². The van der Waals surface area contributed by atoms with Crippen LogP contribution in [-0.4, -0.2) is 14.8 Å². The molecule has 1 N–H and O–H groups in total. The summed E-state index contributed by atoms with van der Waals surface area (Å²) in [6.45, 7) is 2.66. The van der Waals surface area contributed by atoms with Gasteiger partial charge in [0.05, 0.1) is 12.1 Å². The van der Waals surface area contributed by atoms with Crippen molar-refractivity contribution >= 4 is 5.95 Å². The third-order valence-corrected chi connectivity index (χ3v) is 5.60. The largest absolute Gasteiger partial charge is 0.489 e. The van der Waals surface area contributed by atoms with Gasteiger partial charge >= 0.3 is 0 Å². The Hall–Kier alpha value is -3.60. The third kappa shape index (κ3) is 3.79. The highest BCUT2D eigenvalue weighted by molar-refractivity contribution is 5.40. The van der Waals surface area contributed by atoms with Crippen molar-refractivity contribution in [3.8, 4) is 5.75 Å². The van der Waals surface area contributed by atoms with Gasteiger partial charge in [-0.2, -0.15) is 10.1 Å². The molecule has 0 spiro atoms. The van der Waals surface area contributed by atoms with Gasteiger partial charge in [0.1, 0.15) is 18.7 Å². The van der Waals surface area contributed by atoms with Crippen molar-refractivity contribution in [1.29, 1.82) is 0 Å². The van der Waals surface area contributed by atoms with Gasteiger partial charge in [-0.05, 0) is 42.2 Å². The van der Waals surface area contributed by atoms with Gasteiger partial charge in [-0.3, -0.25) is 0 Å². The number of nitrogens with zero attached hydrogens (tertiary/aromatic N) is 3. The summed E-state index contributed by atoms with van der Waals surface area (Å²) in [7, 11) is 0. The van der Waals surface area contributed by atoms with E-state index in [-0.39, 0.29) is 12.1 Å². The van der Waals surface area contributed by atoms with Crippen LogP contribution in [0.4, 0.5) is 5.95 Å². The summed E-state index contributed by atoms with van der Waals surface area (Å²) in [6, 6.07) is 27.5. The molecule has 0 bridgehead atoms. The van der Waals surface area contributed by atoms with Crippen LogP contribution in [-0.2, 0) is 6.61 Å². The number of nitrogens with one attached hydrogen (secondary N) is 1. The molecule has 1 aliphatic rings. The first-order valence-electron chi connectivity index (χ1n) is 10.3. The molecule has 3 aromatic carbocycles. The lowest BCUT2D eigenvalue weighted by Gasteiger charge is -2.32. The molecule has 0 fully saturated rings. The molecule has 5 rings (SSSR count). The minimum Gasteiger partial charge on any atom is -0.489 e. The van der Waals surface area contributed by atoms with E-state index >= 15 is 0 Å². The molecule has 0 aliphatic carbocycles. The molecular weight excluding hydrogens is 372 g/mol. The van der Waals surface area contributed by atoms with Crippen LogP contribution >= 0.6 is 0 Å². The molecule has 2 heterocycles. The standard InChI is InChI=1S/C25H24N4O/c1-18-10-12-20(13-11-18)23-15-24(29-25(28-23)26-17-27-29)21-8-5-9-22(14-21)30-16-19-6-3-2-4-7-19/h2-14,17,23-24H,15-16H2,1H3,(H,26,27,28)/t23-,24+/m0/s1. The molecule has 1 aliphatic heterocycles. The van der Waals surface area contributed by atoms with E-state index in [1.54, 1.807) is 6.33 Å². The molecule has 2 atom stereocenters. The highest BCUT2D eigenvalue weighted by Crippen LogP contribution is 2.38. The highest BCUT2D eigenvalue weighted by Gasteiger charge is 2.30. The average molecular weight is 396 g/mol. The predicted octanol–water partition coefficient (Wildman–Crippen LogP) is 5.31. The number of aromatic nitrogens is 3. The third-order valence-electron chi connectivity index (χ3n) is 5.60. The minimum atomic E-state index is 0.0929. The summed E-state index contributed by atoms with van der Waals surface area (Å²) in [4.78, 5) is 4.43. The summed E-state index contributed by atoms with van der Waals surface area (Å²) in [5.41, 5.74) is 4.85. The van der Waals surface area contributed by atoms with E-state index in [0.717, 1.165) is 23.7 Å². The normalized spacial score (nSPS) is 17.8. The van der Waals surface area contributed by atoms with Gasteiger partial charge in [-0.25, -0.2) is 4.68 Å². The summed E-state index contributed by atoms with van der Waals surface area (Å²) in [6.07, 6.45) is 2.50. The van der Waals surface area contributed by atoms with E-state index in [0.29, 0.717) is 6.61 Å². The zero-order chi connectivity index (χ0) is 20.3. The van der Waals surface area contributed by atoms with Crippen LogP contribution in [0.5, 0.6) is 5.75 Å². The van der Waals surface area contributed by atoms with Crippen LogP contribution in [0.1, 0.15) is 40.8 Å². The Bertz CT molecular complexity index is 1120. The lowest BCUT2D eigenvalue weighted by atomic mass is 9.93. The number of hydrogen-bond donors (Lipinski definition) is 1. The molecule has 150 valence electrons. The monoisotopic (exact) mass is 396 g/mol. The first kappa shape index (κ1) is 18.4. The Morgan fingerprint density at radius 2 is 1.80 bits per heavy atom. The van der Waals surface area contributed by atoms with Crippen molar-refractivity contribution in [1.82, 2.24) is 14.8 Å². The second-order valence-electron chi connectivity index (χ2n) is 7.73. The van der Waals surface area contributed by atoms with Crippen LogP contribution in [0.15, 0.2) is 85.2 Å². The SMILES string of the molecule is Cc1ccc([C@@H]2C[C@H](c3cccc(OCc4ccccc4)c3)n3ncnc3N2)cc1. The van der Waals surface area contributed by atoms with Crippen LogP contribution < -0.4 is 10.1 Å². The van der Waals surface area contributed by atoms with Gasteiger partial charge < -0.3 is 10.1 Å². The highest BCUT2D eigenvalue weighted by atomic mass is 16.5. The minimum absolute atomic E-state index is 0.0929. The van der Waals surface area contributed by atoms with E-state index in [4.69, 9.17) is 4.74 Å². The molecular formula is C25H24N4O. The maximum atomic E-state index is 6.06. The Balaban J connectivity index is 1.40. The Morgan fingerprint density at radius 1 is 0.967 bits per heavy atom. The number of hydrogen-bond acceptors (Lipinski definition) is 4. The number of benzene rings is 3. The predicted molar refractivity (Wildman–Crippen MR) is 118 cm³/mol. The maximum Gasteiger partial charge on any atom is 0.222 e. The number of anilines is 1. The van der Waals surface area contributed by atoms with Gasteiger partial charge in [0.15, 0.2) is 0 Å². The van der Waals surface area contributed by atoms with E-state index < -0.39 is 0 Å². The van der Waals surface area contributed by atoms with E-state index in [9.17, 15) is 0 Å². The quantitative estimate of drug-likeness (QED) is 0.497. The lowest BCUT2D eigenvalue weighted by molar-refractivity contribution is 0.305. The molecule has 0 amide bonds. The average Bonchev–Trinajstić information content (AvgIpc) is 3.27. The summed E-state index contributed by atoms with van der Waals surface area (Å²) < 4.78 is 8.03. The van der Waals surface area contributed by atoms with Crippen LogP contribution in [0.2, 0.25) is 0 Å². The Morgan fingerprint density at radius 3 is 2.63 bits per heavy atom. The Kier molecular flexibility index (Phi) is 4.93. The fraction of sp³-hybridized carbons (Fsp3) is 0.200. The smallest absolute Gasteiger partial charge is 0.222 e. The topological polar surface area (TPSA) is 52.0 Å². The van der Waals surface area contributed by atoms with Crippen molar-refractivity contribution in [2.24, 2.45) is 0 Å². The molecule has 0 saturated heterocycles. The van der Waals surface area contributed by atoms with Gasteiger partial charge in [0, 0.05) is 0 Å². The van der Waals surface area contributed by atoms with E-state index in [1.807, 2.05) is 28.9 Å². The second kappa shape index (κ2) is 8.03. The van der Waals surface area contributed by atoms with Gasteiger partial charge in [-0.15, -0.1) is 0 Å². The molecule has 4 aromatic rings. The molecule has 5 nitrogen and oxygen atoms in total. The summed E-state index contributed by atoms with van der Waals surface area (Å²) in [5.74, 6) is 1.66. The molecule has 1 aromatic heterocycles. The zero-order valence-corrected chi connectivity index (χ0v) is 16.9. The molecule has 5 heteroatoms. The van der Waals surface area contributed by atoms with Crippen molar-refractivity contribution < 1.29 is 4.74 Å². The zero-order valence-electron chi connectivity index (χ0n) is 16.9. The van der Waals surface area contributed by atoms with Gasteiger partial charge in [0.2, 0.25) is 5.95 Å². The van der Waals surface area contributed by atoms with Crippen molar-refractivity contribution in [3.05, 3.63) is 107 Å². The molecule has 0 unspecified atom stereocenters. The first-order chi connectivity index (χ1) is 14.8. The lowest BCUT2D eigenvalue weighted by Crippen LogP contribution is -2.28. The molecule has 0 radical (unpaired) electrons. The number of rotatable bonds is 5. The van der Waals surface area contributed by atoms with Crippen LogP contribution in [0.3, 0.4) is 0 Å². The van der Waals surface area contributed by atoms with Crippen LogP contribution in [0, 0.1) is 6.92 Å². The van der Waals surface area contributed by atoms with Crippen LogP contribution in [0.25, 0.3) is 0 Å². The van der Waals surface area contributed by atoms with E-state index in [1.165, 1.54) is 16.7 Å². The summed E-state index contributed by atoms with van der Waals surface area (Å²) in [5, 5.41) is 8.01. The fourth-order valence-electron chi connectivity index (χ4n) is 3.97. The molecule has 0 saturated carbocycles. The fourth-order valence-corrected chi connectivity index (χ4v) is 3.97. The number of aryl methyl sites for hydroxylation is 1. The van der Waals surface area contributed by atoms with Gasteiger partial charge in [0.25, 0.3) is 0 Å². The maximum absolute atomic E-state index is 6.06. The summed E-state index contributed by atoms with van der Waals surface area (Å²) >= 11 is 0. The van der Waals surface area contributed by atoms with Crippen molar-refractivity contribution in [2.75, 3.05) is 5.32 Å². The van der Waals surface area contributed by atoms with Gasteiger partial charge in [-0.1, -0.05) is 72.3 Å². The Labute approximate surface area is 176 Å². The van der Waals surface area contributed by atoms with E-state index in [2.05, 4.69) is 76.9 Å².